The van der Waals surface area contributed by atoms with Crippen LogP contribution in [0.3, 0.4) is 0 Å². The number of phenolic OH excluding ortho intramolecular Hbond substituents is 1. The topological polar surface area (TPSA) is 57.6 Å². The molecule has 102 valence electrons. The highest BCUT2D eigenvalue weighted by atomic mass is 32.2. The van der Waals surface area contributed by atoms with Crippen molar-refractivity contribution in [1.29, 1.82) is 0 Å². The number of sulfonamides is 1. The summed E-state index contributed by atoms with van der Waals surface area (Å²) in [4.78, 5) is 0.129. The zero-order valence-electron chi connectivity index (χ0n) is 10.8. The van der Waals surface area contributed by atoms with Crippen LogP contribution in [-0.4, -0.2) is 42.9 Å². The van der Waals surface area contributed by atoms with E-state index >= 15 is 0 Å². The molecule has 0 amide bonds. The Morgan fingerprint density at radius 1 is 1.44 bits per heavy atom. The van der Waals surface area contributed by atoms with E-state index in [0.29, 0.717) is 0 Å². The van der Waals surface area contributed by atoms with Crippen molar-refractivity contribution in [3.05, 3.63) is 24.3 Å². The van der Waals surface area contributed by atoms with Gasteiger partial charge in [-0.2, -0.15) is 16.1 Å². The summed E-state index contributed by atoms with van der Waals surface area (Å²) in [5, 5.41) is 9.37. The number of rotatable bonds is 6. The van der Waals surface area contributed by atoms with Crippen molar-refractivity contribution in [2.75, 3.05) is 19.1 Å². The monoisotopic (exact) mass is 289 g/mol. The Bertz CT molecular complexity index is 488. The lowest BCUT2D eigenvalue weighted by Gasteiger charge is -2.26. The summed E-state index contributed by atoms with van der Waals surface area (Å²) in [6.45, 7) is 1.97. The Morgan fingerprint density at radius 3 is 2.61 bits per heavy atom. The van der Waals surface area contributed by atoms with E-state index in [0.717, 1.165) is 12.2 Å². The maximum atomic E-state index is 12.4. The third-order valence-electron chi connectivity index (χ3n) is 2.84. The molecule has 1 aromatic rings. The van der Waals surface area contributed by atoms with Gasteiger partial charge >= 0.3 is 0 Å². The average molecular weight is 289 g/mol. The van der Waals surface area contributed by atoms with Crippen LogP contribution in [0.4, 0.5) is 0 Å². The van der Waals surface area contributed by atoms with Gasteiger partial charge in [-0.05, 0) is 30.9 Å². The fourth-order valence-electron chi connectivity index (χ4n) is 1.68. The van der Waals surface area contributed by atoms with E-state index in [1.165, 1.54) is 28.6 Å². The maximum absolute atomic E-state index is 12.4. The van der Waals surface area contributed by atoms with Gasteiger partial charge in [0, 0.05) is 18.8 Å². The van der Waals surface area contributed by atoms with Gasteiger partial charge in [-0.1, -0.05) is 13.0 Å². The Hall–Kier alpha value is -0.720. The van der Waals surface area contributed by atoms with Gasteiger partial charge < -0.3 is 5.11 Å². The Labute approximate surface area is 113 Å². The molecular weight excluding hydrogens is 270 g/mol. The normalized spacial score (nSPS) is 13.8. The Balaban J connectivity index is 3.06. The highest BCUT2D eigenvalue weighted by molar-refractivity contribution is 7.98. The van der Waals surface area contributed by atoms with Gasteiger partial charge in [-0.15, -0.1) is 0 Å². The van der Waals surface area contributed by atoms with E-state index in [9.17, 15) is 13.5 Å². The summed E-state index contributed by atoms with van der Waals surface area (Å²) in [5.41, 5.74) is 0. The molecular formula is C12H19NO3S2. The third kappa shape index (κ3) is 3.40. The Kier molecular flexibility index (Phi) is 5.49. The van der Waals surface area contributed by atoms with E-state index in [1.54, 1.807) is 18.8 Å². The molecule has 4 nitrogen and oxygen atoms in total. The van der Waals surface area contributed by atoms with Crippen molar-refractivity contribution in [1.82, 2.24) is 4.31 Å². The molecule has 0 aliphatic rings. The van der Waals surface area contributed by atoms with Gasteiger partial charge in [0.05, 0.1) is 4.90 Å². The second-order valence-electron chi connectivity index (χ2n) is 4.04. The molecule has 0 aliphatic carbocycles. The molecule has 1 N–H and O–H groups in total. The van der Waals surface area contributed by atoms with Crippen LogP contribution < -0.4 is 0 Å². The van der Waals surface area contributed by atoms with Crippen LogP contribution in [-0.2, 0) is 10.0 Å². The number of aromatic hydroxyl groups is 1. The molecule has 0 heterocycles. The first-order valence-corrected chi connectivity index (χ1v) is 8.52. The summed E-state index contributed by atoms with van der Waals surface area (Å²) in [6.07, 6.45) is 2.72. The number of thioether (sulfide) groups is 1. The van der Waals surface area contributed by atoms with Crippen molar-refractivity contribution in [2.45, 2.75) is 24.3 Å². The van der Waals surface area contributed by atoms with Gasteiger partial charge in [0.15, 0.2) is 0 Å². The summed E-state index contributed by atoms with van der Waals surface area (Å²) in [6, 6.07) is 5.73. The maximum Gasteiger partial charge on any atom is 0.243 e. The number of hydrogen-bond acceptors (Lipinski definition) is 4. The summed E-state index contributed by atoms with van der Waals surface area (Å²) in [5.74, 6) is 0.716. The second-order valence-corrected chi connectivity index (χ2v) is 6.94. The molecule has 0 aliphatic heterocycles. The largest absolute Gasteiger partial charge is 0.508 e. The van der Waals surface area contributed by atoms with Gasteiger partial charge in [-0.3, -0.25) is 0 Å². The number of nitrogens with zero attached hydrogens (tertiary/aromatic N) is 1. The van der Waals surface area contributed by atoms with E-state index in [-0.39, 0.29) is 16.7 Å². The zero-order valence-corrected chi connectivity index (χ0v) is 12.5. The first-order valence-electron chi connectivity index (χ1n) is 5.69. The van der Waals surface area contributed by atoms with E-state index in [4.69, 9.17) is 0 Å². The minimum Gasteiger partial charge on any atom is -0.508 e. The van der Waals surface area contributed by atoms with Crippen molar-refractivity contribution in [3.63, 3.8) is 0 Å². The third-order valence-corrected chi connectivity index (χ3v) is 5.46. The summed E-state index contributed by atoms with van der Waals surface area (Å²) < 4.78 is 26.1. The number of hydrogen-bond donors (Lipinski definition) is 1. The molecule has 0 radical (unpaired) electrons. The van der Waals surface area contributed by atoms with Gasteiger partial charge in [0.25, 0.3) is 0 Å². The molecule has 1 atom stereocenters. The first kappa shape index (κ1) is 15.3. The van der Waals surface area contributed by atoms with Crippen LogP contribution in [0.2, 0.25) is 0 Å². The lowest BCUT2D eigenvalue weighted by molar-refractivity contribution is 0.385. The van der Waals surface area contributed by atoms with Crippen LogP contribution >= 0.6 is 11.8 Å². The van der Waals surface area contributed by atoms with Crippen molar-refractivity contribution >= 4 is 21.8 Å². The average Bonchev–Trinajstić information content (AvgIpc) is 2.35. The predicted molar refractivity (Wildman–Crippen MR) is 75.5 cm³/mol. The molecule has 0 fully saturated rings. The van der Waals surface area contributed by atoms with Crippen molar-refractivity contribution < 1.29 is 13.5 Å². The zero-order chi connectivity index (χ0) is 13.8. The van der Waals surface area contributed by atoms with Crippen LogP contribution in [0.25, 0.3) is 0 Å². The molecule has 18 heavy (non-hydrogen) atoms. The molecule has 0 spiro atoms. The molecule has 0 bridgehead atoms. The molecule has 1 unspecified atom stereocenters. The highest BCUT2D eigenvalue weighted by Crippen LogP contribution is 2.22. The Morgan fingerprint density at radius 2 is 2.11 bits per heavy atom. The lowest BCUT2D eigenvalue weighted by atomic mass is 10.3. The van der Waals surface area contributed by atoms with Crippen molar-refractivity contribution in [2.24, 2.45) is 0 Å². The minimum atomic E-state index is -3.53. The van der Waals surface area contributed by atoms with Crippen molar-refractivity contribution in [3.8, 4) is 5.75 Å². The predicted octanol–water partition coefficient (Wildman–Crippen LogP) is 2.15. The summed E-state index contributed by atoms with van der Waals surface area (Å²) >= 11 is 1.62. The van der Waals surface area contributed by atoms with E-state index in [1.807, 2.05) is 13.2 Å². The lowest BCUT2D eigenvalue weighted by Crippen LogP contribution is -2.38. The fourth-order valence-corrected chi connectivity index (χ4v) is 4.09. The van der Waals surface area contributed by atoms with Crippen LogP contribution in [0.15, 0.2) is 29.2 Å². The van der Waals surface area contributed by atoms with Crippen LogP contribution in [0.5, 0.6) is 5.75 Å². The number of benzene rings is 1. The quantitative estimate of drug-likeness (QED) is 0.872. The van der Waals surface area contributed by atoms with Gasteiger partial charge in [0.1, 0.15) is 5.75 Å². The number of phenols is 1. The van der Waals surface area contributed by atoms with Gasteiger partial charge in [0.2, 0.25) is 10.0 Å². The molecule has 1 rings (SSSR count). The second kappa shape index (κ2) is 6.45. The van der Waals surface area contributed by atoms with Crippen LogP contribution in [0, 0.1) is 0 Å². The molecule has 6 heteroatoms. The smallest absolute Gasteiger partial charge is 0.243 e. The molecule has 0 saturated heterocycles. The SMILES string of the molecule is CCC(CSC)N(C)S(=O)(=O)c1cccc(O)c1. The van der Waals surface area contributed by atoms with E-state index < -0.39 is 10.0 Å². The molecule has 0 aromatic heterocycles. The minimum absolute atomic E-state index is 0.0349. The first-order chi connectivity index (χ1) is 8.43. The van der Waals surface area contributed by atoms with E-state index in [2.05, 4.69) is 0 Å². The van der Waals surface area contributed by atoms with Crippen LogP contribution in [0.1, 0.15) is 13.3 Å². The standard InChI is InChI=1S/C12H19NO3S2/c1-4-10(9-17-3)13(2)18(15,16)12-7-5-6-11(14)8-12/h5-8,10,14H,4,9H2,1-3H3. The van der Waals surface area contributed by atoms with Gasteiger partial charge in [-0.25, -0.2) is 8.42 Å². The highest BCUT2D eigenvalue weighted by Gasteiger charge is 2.26. The molecule has 1 aromatic carbocycles. The molecule has 0 saturated carbocycles. The fraction of sp³-hybridized carbons (Fsp3) is 0.500. The summed E-state index contributed by atoms with van der Waals surface area (Å²) in [7, 11) is -1.95.